The van der Waals surface area contributed by atoms with Gasteiger partial charge in [-0.1, -0.05) is 25.1 Å². The predicted octanol–water partition coefficient (Wildman–Crippen LogP) is 2.73. The van der Waals surface area contributed by atoms with E-state index in [1.807, 2.05) is 18.2 Å². The summed E-state index contributed by atoms with van der Waals surface area (Å²) >= 11 is 0. The molecular weight excluding hydrogens is 240 g/mol. The highest BCUT2D eigenvalue weighted by Gasteiger charge is 2.33. The Balaban J connectivity index is 1.70. The monoisotopic (exact) mass is 262 g/mol. The van der Waals surface area contributed by atoms with Crippen LogP contribution in [0.5, 0.6) is 5.75 Å². The average molecular weight is 262 g/mol. The molecule has 19 heavy (non-hydrogen) atoms. The molecule has 3 heteroatoms. The molecule has 1 saturated heterocycles. The number of benzene rings is 1. The highest BCUT2D eigenvalue weighted by molar-refractivity contribution is 5.37. The van der Waals surface area contributed by atoms with Crippen molar-refractivity contribution in [3.8, 4) is 5.75 Å². The Hall–Kier alpha value is -1.06. The molecular formula is C16H22O3. The van der Waals surface area contributed by atoms with Gasteiger partial charge in [0.1, 0.15) is 5.75 Å². The van der Waals surface area contributed by atoms with Crippen LogP contribution < -0.4 is 4.74 Å². The van der Waals surface area contributed by atoms with Crippen molar-refractivity contribution >= 4 is 0 Å². The van der Waals surface area contributed by atoms with Gasteiger partial charge in [-0.05, 0) is 42.7 Å². The van der Waals surface area contributed by atoms with Crippen molar-refractivity contribution < 1.29 is 14.6 Å². The van der Waals surface area contributed by atoms with E-state index in [2.05, 4.69) is 13.0 Å². The second kappa shape index (κ2) is 5.51. The molecule has 2 aliphatic rings. The lowest BCUT2D eigenvalue weighted by Crippen LogP contribution is -2.32. The molecule has 2 heterocycles. The number of ether oxygens (including phenoxy) is 2. The summed E-state index contributed by atoms with van der Waals surface area (Å²) in [6.07, 6.45) is 2.46. The molecule has 0 bridgehead atoms. The van der Waals surface area contributed by atoms with Crippen LogP contribution >= 0.6 is 0 Å². The maximum absolute atomic E-state index is 10.4. The van der Waals surface area contributed by atoms with Crippen LogP contribution in [0.4, 0.5) is 0 Å². The van der Waals surface area contributed by atoms with Crippen molar-refractivity contribution in [1.82, 2.24) is 0 Å². The van der Waals surface area contributed by atoms with E-state index in [-0.39, 0.29) is 12.2 Å². The Morgan fingerprint density at radius 3 is 2.89 bits per heavy atom. The molecule has 1 aromatic carbocycles. The van der Waals surface area contributed by atoms with Crippen LogP contribution in [0.25, 0.3) is 0 Å². The van der Waals surface area contributed by atoms with E-state index >= 15 is 0 Å². The number of aliphatic hydroxyl groups is 1. The van der Waals surface area contributed by atoms with Crippen LogP contribution in [0.15, 0.2) is 24.3 Å². The van der Waals surface area contributed by atoms with Crippen molar-refractivity contribution in [3.63, 3.8) is 0 Å². The van der Waals surface area contributed by atoms with Gasteiger partial charge in [0.05, 0.1) is 18.8 Å². The Morgan fingerprint density at radius 1 is 1.26 bits per heavy atom. The number of fused-ring (bicyclic) bond motifs is 1. The van der Waals surface area contributed by atoms with Crippen molar-refractivity contribution in [1.29, 1.82) is 0 Å². The minimum atomic E-state index is -0.367. The first-order valence-corrected chi connectivity index (χ1v) is 7.27. The van der Waals surface area contributed by atoms with Crippen LogP contribution in [-0.4, -0.2) is 30.5 Å². The zero-order valence-electron chi connectivity index (χ0n) is 11.4. The molecule has 0 spiro atoms. The predicted molar refractivity (Wildman–Crippen MR) is 73.4 cm³/mol. The van der Waals surface area contributed by atoms with Gasteiger partial charge in [0.2, 0.25) is 0 Å². The number of hydrogen-bond acceptors (Lipinski definition) is 3. The third-order valence-corrected chi connectivity index (χ3v) is 4.43. The van der Waals surface area contributed by atoms with E-state index < -0.39 is 0 Å². The summed E-state index contributed by atoms with van der Waals surface area (Å²) in [5.41, 5.74) is 1.23. The van der Waals surface area contributed by atoms with E-state index in [0.717, 1.165) is 38.2 Å². The second-order valence-corrected chi connectivity index (χ2v) is 5.78. The van der Waals surface area contributed by atoms with Crippen molar-refractivity contribution in [2.24, 2.45) is 5.92 Å². The van der Waals surface area contributed by atoms with Gasteiger partial charge in [-0.3, -0.25) is 0 Å². The van der Waals surface area contributed by atoms with Crippen molar-refractivity contribution in [2.45, 2.75) is 44.3 Å². The molecule has 104 valence electrons. The molecule has 1 fully saturated rings. The Bertz CT molecular complexity index is 432. The van der Waals surface area contributed by atoms with Gasteiger partial charge >= 0.3 is 0 Å². The van der Waals surface area contributed by atoms with Gasteiger partial charge in [-0.15, -0.1) is 0 Å². The number of aliphatic hydroxyl groups excluding tert-OH is 1. The summed E-state index contributed by atoms with van der Waals surface area (Å²) in [6, 6.07) is 8.18. The van der Waals surface area contributed by atoms with Crippen LogP contribution in [0, 0.1) is 5.92 Å². The van der Waals surface area contributed by atoms with E-state index in [1.54, 1.807) is 0 Å². The Labute approximate surface area is 114 Å². The lowest BCUT2D eigenvalue weighted by molar-refractivity contribution is -0.0246. The number of rotatable bonds is 3. The third kappa shape index (κ3) is 2.63. The lowest BCUT2D eigenvalue weighted by Gasteiger charge is -2.30. The molecule has 0 amide bonds. The molecule has 2 aliphatic heterocycles. The molecule has 0 aromatic heterocycles. The smallest absolute Gasteiger partial charge is 0.122 e. The quantitative estimate of drug-likeness (QED) is 0.910. The molecule has 1 aromatic rings. The Morgan fingerprint density at radius 2 is 2.11 bits per heavy atom. The first-order valence-electron chi connectivity index (χ1n) is 7.27. The summed E-state index contributed by atoms with van der Waals surface area (Å²) in [5.74, 6) is 1.83. The van der Waals surface area contributed by atoms with Gasteiger partial charge in [-0.25, -0.2) is 0 Å². The summed E-state index contributed by atoms with van der Waals surface area (Å²) in [5, 5.41) is 10.4. The first-order chi connectivity index (χ1) is 9.25. The third-order valence-electron chi connectivity index (χ3n) is 4.43. The van der Waals surface area contributed by atoms with Crippen LogP contribution in [0.1, 0.15) is 37.7 Å². The normalized spacial score (nSPS) is 31.6. The summed E-state index contributed by atoms with van der Waals surface area (Å²) in [4.78, 5) is 0. The molecule has 3 nitrogen and oxygen atoms in total. The van der Waals surface area contributed by atoms with Crippen LogP contribution in [-0.2, 0) is 4.74 Å². The lowest BCUT2D eigenvalue weighted by atomic mass is 9.85. The van der Waals surface area contributed by atoms with Gasteiger partial charge in [0, 0.05) is 6.61 Å². The van der Waals surface area contributed by atoms with E-state index in [0.29, 0.717) is 11.8 Å². The fourth-order valence-electron chi connectivity index (χ4n) is 3.30. The van der Waals surface area contributed by atoms with Gasteiger partial charge in [0.25, 0.3) is 0 Å². The number of hydrogen-bond donors (Lipinski definition) is 1. The molecule has 4 unspecified atom stereocenters. The maximum atomic E-state index is 10.4. The van der Waals surface area contributed by atoms with Gasteiger partial charge < -0.3 is 14.6 Å². The van der Waals surface area contributed by atoms with Crippen molar-refractivity contribution in [3.05, 3.63) is 29.8 Å². The summed E-state index contributed by atoms with van der Waals surface area (Å²) < 4.78 is 11.3. The van der Waals surface area contributed by atoms with E-state index in [1.165, 1.54) is 5.56 Å². The fourth-order valence-corrected chi connectivity index (χ4v) is 3.30. The zero-order valence-corrected chi connectivity index (χ0v) is 11.4. The summed E-state index contributed by atoms with van der Waals surface area (Å²) in [7, 11) is 0. The number of para-hydroxylation sites is 1. The molecule has 3 rings (SSSR count). The molecule has 0 radical (unpaired) electrons. The molecule has 0 saturated carbocycles. The average Bonchev–Trinajstić information content (AvgIpc) is 2.85. The van der Waals surface area contributed by atoms with Crippen LogP contribution in [0.3, 0.4) is 0 Å². The fraction of sp³-hybridized carbons (Fsp3) is 0.625. The largest absolute Gasteiger partial charge is 0.493 e. The molecule has 1 N–H and O–H groups in total. The second-order valence-electron chi connectivity index (χ2n) is 5.78. The van der Waals surface area contributed by atoms with E-state index in [4.69, 9.17) is 9.47 Å². The first kappa shape index (κ1) is 12.9. The maximum Gasteiger partial charge on any atom is 0.122 e. The highest BCUT2D eigenvalue weighted by atomic mass is 16.5. The van der Waals surface area contributed by atoms with Crippen LogP contribution in [0.2, 0.25) is 0 Å². The SMILES string of the molecule is CC1CCOC1C(O)CC1CCOc2ccccc21. The van der Waals surface area contributed by atoms with E-state index in [9.17, 15) is 5.11 Å². The minimum absolute atomic E-state index is 0.00927. The standard InChI is InChI=1S/C16H22O3/c1-11-6-8-19-16(11)14(17)10-12-7-9-18-15-5-3-2-4-13(12)15/h2-5,11-12,14,16-17H,6-10H2,1H3. The summed E-state index contributed by atoms with van der Waals surface area (Å²) in [6.45, 7) is 3.70. The van der Waals surface area contributed by atoms with Crippen molar-refractivity contribution in [2.75, 3.05) is 13.2 Å². The molecule has 4 atom stereocenters. The highest BCUT2D eigenvalue weighted by Crippen LogP contribution is 2.37. The molecule has 0 aliphatic carbocycles. The van der Waals surface area contributed by atoms with Gasteiger partial charge in [-0.2, -0.15) is 0 Å². The zero-order chi connectivity index (χ0) is 13.2. The topological polar surface area (TPSA) is 38.7 Å². The minimum Gasteiger partial charge on any atom is -0.493 e. The Kier molecular flexibility index (Phi) is 3.76. The van der Waals surface area contributed by atoms with Gasteiger partial charge in [0.15, 0.2) is 0 Å².